The van der Waals surface area contributed by atoms with Gasteiger partial charge in [-0.25, -0.2) is 4.98 Å². The Kier molecular flexibility index (Phi) is 3.20. The smallest absolute Gasteiger partial charge is 0.258 e. The monoisotopic (exact) mass is 313 g/mol. The van der Waals surface area contributed by atoms with E-state index in [9.17, 15) is 4.79 Å². The second-order valence-corrected chi connectivity index (χ2v) is 6.53. The Morgan fingerprint density at radius 1 is 1.41 bits per heavy atom. The average molecular weight is 313 g/mol. The van der Waals surface area contributed by atoms with Crippen LogP contribution in [0.15, 0.2) is 34.9 Å². The van der Waals surface area contributed by atoms with Crippen LogP contribution in [-0.4, -0.2) is 10.9 Å². The zero-order valence-corrected chi connectivity index (χ0v) is 12.7. The highest BCUT2D eigenvalue weighted by atomic mass is 32.1. The summed E-state index contributed by atoms with van der Waals surface area (Å²) in [6.45, 7) is 0.282. The van der Waals surface area contributed by atoms with Gasteiger partial charge in [0, 0.05) is 11.6 Å². The molecule has 1 saturated carbocycles. The molecule has 2 aromatic heterocycles. The van der Waals surface area contributed by atoms with Crippen LogP contribution in [0, 0.1) is 0 Å². The molecule has 1 amide bonds. The molecule has 5 nitrogen and oxygen atoms in total. The summed E-state index contributed by atoms with van der Waals surface area (Å²) in [6.07, 6.45) is 3.91. The van der Waals surface area contributed by atoms with Crippen molar-refractivity contribution in [1.82, 2.24) is 4.98 Å². The minimum Gasteiger partial charge on any atom is -0.467 e. The fraction of sp³-hybridized carbons (Fsp3) is 0.250. The van der Waals surface area contributed by atoms with Crippen molar-refractivity contribution in [3.05, 3.63) is 46.9 Å². The zero-order valence-electron chi connectivity index (χ0n) is 11.8. The lowest BCUT2D eigenvalue weighted by Gasteiger charge is -2.02. The number of nitrogens with one attached hydrogen (secondary N) is 1. The fourth-order valence-corrected chi connectivity index (χ4v) is 3.51. The van der Waals surface area contributed by atoms with Crippen LogP contribution in [0.3, 0.4) is 0 Å². The van der Waals surface area contributed by atoms with Crippen LogP contribution in [0.1, 0.15) is 39.9 Å². The average Bonchev–Trinajstić information content (AvgIpc) is 3.11. The Balaban J connectivity index is 1.56. The van der Waals surface area contributed by atoms with Gasteiger partial charge in [0.25, 0.3) is 5.91 Å². The second-order valence-electron chi connectivity index (χ2n) is 5.47. The third kappa shape index (κ3) is 2.51. The number of carbonyl (C=O) groups excluding carboxylic acids is 1. The summed E-state index contributed by atoms with van der Waals surface area (Å²) in [4.78, 5) is 16.8. The van der Waals surface area contributed by atoms with Crippen molar-refractivity contribution in [2.75, 3.05) is 5.32 Å². The van der Waals surface area contributed by atoms with E-state index in [1.165, 1.54) is 24.1 Å². The van der Waals surface area contributed by atoms with Crippen molar-refractivity contribution in [2.45, 2.75) is 25.3 Å². The summed E-state index contributed by atoms with van der Waals surface area (Å²) in [5.41, 5.74) is 7.72. The first-order valence-corrected chi connectivity index (χ1v) is 8.04. The molecule has 3 N–H and O–H groups in total. The molecule has 1 aliphatic carbocycles. The summed E-state index contributed by atoms with van der Waals surface area (Å²) in [7, 11) is 0. The highest BCUT2D eigenvalue weighted by Gasteiger charge is 2.27. The molecule has 22 heavy (non-hydrogen) atoms. The molecule has 0 radical (unpaired) electrons. The highest BCUT2D eigenvalue weighted by molar-refractivity contribution is 7.18. The van der Waals surface area contributed by atoms with Gasteiger partial charge in [-0.3, -0.25) is 4.79 Å². The normalized spacial score (nSPS) is 14.4. The van der Waals surface area contributed by atoms with Gasteiger partial charge in [-0.15, -0.1) is 11.3 Å². The Hall–Kier alpha value is -2.18. The summed E-state index contributed by atoms with van der Waals surface area (Å²) in [5, 5.41) is 4.09. The Labute approximate surface area is 131 Å². The molecule has 4 rings (SSSR count). The molecule has 2 heterocycles. The fourth-order valence-electron chi connectivity index (χ4n) is 2.34. The molecule has 0 spiro atoms. The van der Waals surface area contributed by atoms with Gasteiger partial charge in [0.15, 0.2) is 0 Å². The number of fused-ring (bicyclic) bond motifs is 1. The molecule has 1 aliphatic rings. The number of amides is 1. The number of aromatic nitrogens is 1. The van der Waals surface area contributed by atoms with Crippen LogP contribution in [0.5, 0.6) is 0 Å². The highest BCUT2D eigenvalue weighted by Crippen LogP contribution is 2.43. The third-order valence-corrected chi connectivity index (χ3v) is 4.89. The van der Waals surface area contributed by atoms with Gasteiger partial charge in [-0.05, 0) is 37.1 Å². The zero-order chi connectivity index (χ0) is 15.1. The van der Waals surface area contributed by atoms with E-state index < -0.39 is 0 Å². The third-order valence-electron chi connectivity index (χ3n) is 3.71. The topological polar surface area (TPSA) is 81.2 Å². The van der Waals surface area contributed by atoms with Crippen molar-refractivity contribution >= 4 is 33.1 Å². The molecule has 0 bridgehead atoms. The first kappa shape index (κ1) is 13.5. The van der Waals surface area contributed by atoms with Crippen LogP contribution in [0.4, 0.5) is 5.69 Å². The standard InChI is InChI=1S/C16H15N3O2S/c17-7-12-5-10(8-21-12)15(20)18-11-3-4-13-14(6-11)22-16(19-13)9-1-2-9/h3-6,8-9H,1-2,7,17H2,(H,18,20). The largest absolute Gasteiger partial charge is 0.467 e. The van der Waals surface area contributed by atoms with Gasteiger partial charge in [0.2, 0.25) is 0 Å². The Morgan fingerprint density at radius 2 is 2.27 bits per heavy atom. The van der Waals surface area contributed by atoms with Crippen LogP contribution in [0.25, 0.3) is 10.2 Å². The summed E-state index contributed by atoms with van der Waals surface area (Å²) in [5.74, 6) is 1.04. The predicted molar refractivity (Wildman–Crippen MR) is 86.1 cm³/mol. The number of benzene rings is 1. The van der Waals surface area contributed by atoms with Crippen LogP contribution in [-0.2, 0) is 6.54 Å². The molecule has 1 aromatic carbocycles. The van der Waals surface area contributed by atoms with E-state index in [4.69, 9.17) is 10.2 Å². The van der Waals surface area contributed by atoms with Crippen molar-refractivity contribution in [2.24, 2.45) is 5.73 Å². The molecular formula is C16H15N3O2S. The van der Waals surface area contributed by atoms with Crippen molar-refractivity contribution in [3.63, 3.8) is 0 Å². The molecule has 112 valence electrons. The van der Waals surface area contributed by atoms with Crippen molar-refractivity contribution < 1.29 is 9.21 Å². The maximum Gasteiger partial charge on any atom is 0.258 e. The minimum absolute atomic E-state index is 0.199. The first-order chi connectivity index (χ1) is 10.7. The molecule has 0 atom stereocenters. The first-order valence-electron chi connectivity index (χ1n) is 7.22. The number of rotatable bonds is 4. The molecular weight excluding hydrogens is 298 g/mol. The number of furan rings is 1. The molecule has 6 heteroatoms. The number of nitrogens with zero attached hydrogens (tertiary/aromatic N) is 1. The maximum atomic E-state index is 12.2. The van der Waals surface area contributed by atoms with E-state index >= 15 is 0 Å². The van der Waals surface area contributed by atoms with Gasteiger partial charge in [-0.2, -0.15) is 0 Å². The lowest BCUT2D eigenvalue weighted by atomic mass is 10.2. The van der Waals surface area contributed by atoms with Gasteiger partial charge in [-0.1, -0.05) is 0 Å². The number of thiazole rings is 1. The molecule has 3 aromatic rings. The molecule has 1 fully saturated rings. The Morgan fingerprint density at radius 3 is 3.00 bits per heavy atom. The van der Waals surface area contributed by atoms with E-state index in [2.05, 4.69) is 10.3 Å². The second kappa shape index (κ2) is 5.23. The number of nitrogens with two attached hydrogens (primary N) is 1. The van der Waals surface area contributed by atoms with Crippen LogP contribution < -0.4 is 11.1 Å². The molecule has 0 unspecified atom stereocenters. The minimum atomic E-state index is -0.199. The molecule has 0 aliphatic heterocycles. The van der Waals surface area contributed by atoms with Gasteiger partial charge < -0.3 is 15.5 Å². The number of hydrogen-bond acceptors (Lipinski definition) is 5. The van der Waals surface area contributed by atoms with E-state index in [-0.39, 0.29) is 12.5 Å². The number of hydrogen-bond donors (Lipinski definition) is 2. The summed E-state index contributed by atoms with van der Waals surface area (Å²) < 4.78 is 6.29. The number of carbonyl (C=O) groups is 1. The van der Waals surface area contributed by atoms with Crippen LogP contribution >= 0.6 is 11.3 Å². The quantitative estimate of drug-likeness (QED) is 0.772. The lowest BCUT2D eigenvalue weighted by Crippen LogP contribution is -2.10. The number of anilines is 1. The molecule has 0 saturated heterocycles. The lowest BCUT2D eigenvalue weighted by molar-refractivity contribution is 0.102. The SMILES string of the molecule is NCc1cc(C(=O)Nc2ccc3nc(C4CC4)sc3c2)co1. The van der Waals surface area contributed by atoms with E-state index in [0.29, 0.717) is 17.2 Å². The van der Waals surface area contributed by atoms with Crippen LogP contribution in [0.2, 0.25) is 0 Å². The summed E-state index contributed by atoms with van der Waals surface area (Å²) >= 11 is 1.72. The van der Waals surface area contributed by atoms with E-state index in [1.54, 1.807) is 17.4 Å². The van der Waals surface area contributed by atoms with Gasteiger partial charge in [0.05, 0.1) is 27.3 Å². The van der Waals surface area contributed by atoms with Gasteiger partial charge >= 0.3 is 0 Å². The Bertz CT molecular complexity index is 848. The van der Waals surface area contributed by atoms with Crippen molar-refractivity contribution in [3.8, 4) is 0 Å². The van der Waals surface area contributed by atoms with E-state index in [1.807, 2.05) is 18.2 Å². The van der Waals surface area contributed by atoms with Gasteiger partial charge in [0.1, 0.15) is 12.0 Å². The predicted octanol–water partition coefficient (Wildman–Crippen LogP) is 3.48. The van der Waals surface area contributed by atoms with Crippen molar-refractivity contribution in [1.29, 1.82) is 0 Å². The summed E-state index contributed by atoms with van der Waals surface area (Å²) in [6, 6.07) is 7.46. The van der Waals surface area contributed by atoms with E-state index in [0.717, 1.165) is 15.9 Å². The maximum absolute atomic E-state index is 12.2.